The minimum atomic E-state index is -3.61. The molecule has 0 radical (unpaired) electrons. The molecular weight excluding hydrogens is 373 g/mol. The molecule has 0 aliphatic carbocycles. The second kappa shape index (κ2) is 7.51. The van der Waals surface area contributed by atoms with Crippen molar-refractivity contribution >= 4 is 26.9 Å². The number of anilines is 2. The van der Waals surface area contributed by atoms with Crippen molar-refractivity contribution in [2.45, 2.75) is 11.3 Å². The van der Waals surface area contributed by atoms with Crippen LogP contribution in [0.1, 0.15) is 6.42 Å². The number of halogens is 1. The molecule has 0 bridgehead atoms. The quantitative estimate of drug-likeness (QED) is 0.599. The van der Waals surface area contributed by atoms with Gasteiger partial charge in [0.05, 0.1) is 15.5 Å². The Morgan fingerprint density at radius 3 is 2.59 bits per heavy atom. The van der Waals surface area contributed by atoms with Gasteiger partial charge < -0.3 is 10.2 Å². The zero-order valence-corrected chi connectivity index (χ0v) is 15.6. The van der Waals surface area contributed by atoms with Gasteiger partial charge >= 0.3 is 0 Å². The lowest BCUT2D eigenvalue weighted by Gasteiger charge is -2.19. The van der Waals surface area contributed by atoms with Gasteiger partial charge in [-0.05, 0) is 42.7 Å². The van der Waals surface area contributed by atoms with Crippen LogP contribution < -0.4 is 10.2 Å². The number of non-ortho nitro benzene ring substituents is 1. The highest BCUT2D eigenvalue weighted by Gasteiger charge is 2.24. The molecule has 3 rings (SSSR count). The maximum atomic E-state index is 13.1. The van der Waals surface area contributed by atoms with Gasteiger partial charge in [0, 0.05) is 43.7 Å². The van der Waals surface area contributed by atoms with Crippen LogP contribution in [-0.4, -0.2) is 39.2 Å². The monoisotopic (exact) mass is 393 g/mol. The van der Waals surface area contributed by atoms with Crippen LogP contribution >= 0.6 is 0 Å². The molecule has 1 saturated heterocycles. The normalized spacial score (nSPS) is 17.1. The molecule has 0 spiro atoms. The molecule has 0 saturated carbocycles. The van der Waals surface area contributed by atoms with Gasteiger partial charge in [0.25, 0.3) is 5.69 Å². The molecule has 1 aliphatic heterocycles. The van der Waals surface area contributed by atoms with Crippen molar-refractivity contribution in [3.63, 3.8) is 0 Å². The fourth-order valence-corrected chi connectivity index (χ4v) is 4.09. The lowest BCUT2D eigenvalue weighted by molar-refractivity contribution is -0.385. The van der Waals surface area contributed by atoms with Gasteiger partial charge in [-0.3, -0.25) is 10.1 Å². The fraction of sp³-hybridized carbons (Fsp3) is 0.333. The first-order chi connectivity index (χ1) is 12.7. The first-order valence-corrected chi connectivity index (χ1v) is 10.4. The van der Waals surface area contributed by atoms with E-state index in [0.29, 0.717) is 12.2 Å². The van der Waals surface area contributed by atoms with Crippen LogP contribution in [0.2, 0.25) is 0 Å². The number of rotatable bonds is 6. The zero-order chi connectivity index (χ0) is 19.6. The minimum Gasteiger partial charge on any atom is -0.384 e. The summed E-state index contributed by atoms with van der Waals surface area (Å²) in [6.45, 7) is 2.13. The van der Waals surface area contributed by atoms with E-state index in [1.807, 2.05) is 0 Å². The van der Waals surface area contributed by atoms with Crippen molar-refractivity contribution in [2.24, 2.45) is 5.92 Å². The van der Waals surface area contributed by atoms with Gasteiger partial charge in [0.1, 0.15) is 5.82 Å². The first kappa shape index (κ1) is 19.1. The van der Waals surface area contributed by atoms with E-state index in [0.717, 1.165) is 37.5 Å². The Morgan fingerprint density at radius 1 is 1.26 bits per heavy atom. The van der Waals surface area contributed by atoms with Crippen LogP contribution in [-0.2, 0) is 9.84 Å². The van der Waals surface area contributed by atoms with E-state index in [-0.39, 0.29) is 22.3 Å². The maximum absolute atomic E-state index is 13.1. The van der Waals surface area contributed by atoms with E-state index in [1.54, 1.807) is 12.1 Å². The second-order valence-corrected chi connectivity index (χ2v) is 8.65. The molecule has 1 heterocycles. The lowest BCUT2D eigenvalue weighted by atomic mass is 10.1. The molecule has 9 heteroatoms. The summed E-state index contributed by atoms with van der Waals surface area (Å²) in [7, 11) is -3.61. The van der Waals surface area contributed by atoms with Gasteiger partial charge in [0.2, 0.25) is 0 Å². The Balaban J connectivity index is 1.68. The average molecular weight is 393 g/mol. The van der Waals surface area contributed by atoms with Crippen molar-refractivity contribution in [3.8, 4) is 0 Å². The Kier molecular flexibility index (Phi) is 5.31. The van der Waals surface area contributed by atoms with Crippen LogP contribution in [0.25, 0.3) is 0 Å². The molecule has 0 amide bonds. The number of nitro benzene ring substituents is 1. The summed E-state index contributed by atoms with van der Waals surface area (Å²) in [5, 5.41) is 14.0. The molecule has 144 valence electrons. The summed E-state index contributed by atoms with van der Waals surface area (Å²) in [5.41, 5.74) is 1.05. The number of hydrogen-bond acceptors (Lipinski definition) is 6. The van der Waals surface area contributed by atoms with Crippen molar-refractivity contribution in [3.05, 3.63) is 58.4 Å². The SMILES string of the molecule is CS(=O)(=O)c1cc([N+](=O)[O-])ccc1NCC1CCN(c2ccc(F)cc2)C1. The Morgan fingerprint density at radius 2 is 1.96 bits per heavy atom. The van der Waals surface area contributed by atoms with E-state index in [9.17, 15) is 22.9 Å². The van der Waals surface area contributed by atoms with Crippen molar-refractivity contribution in [1.29, 1.82) is 0 Å². The highest BCUT2D eigenvalue weighted by Crippen LogP contribution is 2.28. The topological polar surface area (TPSA) is 92.5 Å². The smallest absolute Gasteiger partial charge is 0.270 e. The summed E-state index contributed by atoms with van der Waals surface area (Å²) in [6, 6.07) is 10.1. The number of nitro groups is 1. The standard InChI is InChI=1S/C18H20FN3O4S/c1-27(25,26)18-10-16(22(23)24)6-7-17(18)20-11-13-8-9-21(12-13)15-4-2-14(19)3-5-15/h2-7,10,13,20H,8-9,11-12H2,1H3. The molecule has 1 N–H and O–H groups in total. The Hall–Kier alpha value is -2.68. The largest absolute Gasteiger partial charge is 0.384 e. The third-order valence-corrected chi connectivity index (χ3v) is 5.77. The van der Waals surface area contributed by atoms with E-state index in [4.69, 9.17) is 0 Å². The molecule has 1 unspecified atom stereocenters. The molecule has 2 aromatic rings. The van der Waals surface area contributed by atoms with Crippen LogP contribution in [0.15, 0.2) is 47.4 Å². The maximum Gasteiger partial charge on any atom is 0.270 e. The summed E-state index contributed by atoms with van der Waals surface area (Å²) in [5.74, 6) is 0.000272. The number of nitrogens with one attached hydrogen (secondary N) is 1. The predicted molar refractivity (Wildman–Crippen MR) is 101 cm³/mol. The molecule has 0 aromatic heterocycles. The second-order valence-electron chi connectivity index (χ2n) is 6.67. The summed E-state index contributed by atoms with van der Waals surface area (Å²) in [6.07, 6.45) is 1.94. The summed E-state index contributed by atoms with van der Waals surface area (Å²) in [4.78, 5) is 12.4. The molecule has 1 atom stereocenters. The third-order valence-electron chi connectivity index (χ3n) is 4.63. The fourth-order valence-electron chi connectivity index (χ4n) is 3.22. The van der Waals surface area contributed by atoms with Crippen LogP contribution in [0, 0.1) is 21.8 Å². The van der Waals surface area contributed by atoms with Crippen molar-refractivity contribution < 1.29 is 17.7 Å². The Bertz CT molecular complexity index is 948. The highest BCUT2D eigenvalue weighted by atomic mass is 32.2. The third kappa shape index (κ3) is 4.54. The Labute approximate surface area is 156 Å². The molecule has 27 heavy (non-hydrogen) atoms. The molecule has 7 nitrogen and oxygen atoms in total. The van der Waals surface area contributed by atoms with E-state index < -0.39 is 14.8 Å². The van der Waals surface area contributed by atoms with Gasteiger partial charge in [-0.2, -0.15) is 0 Å². The van der Waals surface area contributed by atoms with Crippen LogP contribution in [0.3, 0.4) is 0 Å². The van der Waals surface area contributed by atoms with Gasteiger partial charge in [0.15, 0.2) is 9.84 Å². The van der Waals surface area contributed by atoms with Crippen molar-refractivity contribution in [2.75, 3.05) is 36.1 Å². The number of benzene rings is 2. The predicted octanol–water partition coefficient (Wildman–Crippen LogP) is 3.08. The molecular formula is C18H20FN3O4S. The molecule has 1 fully saturated rings. The summed E-state index contributed by atoms with van der Waals surface area (Å²) < 4.78 is 37.0. The zero-order valence-electron chi connectivity index (χ0n) is 14.8. The van der Waals surface area contributed by atoms with E-state index in [2.05, 4.69) is 10.2 Å². The molecule has 1 aliphatic rings. The minimum absolute atomic E-state index is 0.0786. The lowest BCUT2D eigenvalue weighted by Crippen LogP contribution is -2.22. The van der Waals surface area contributed by atoms with E-state index >= 15 is 0 Å². The van der Waals surface area contributed by atoms with Crippen LogP contribution in [0.4, 0.5) is 21.5 Å². The number of nitrogens with zero attached hydrogens (tertiary/aromatic N) is 2. The van der Waals surface area contributed by atoms with Gasteiger partial charge in [-0.15, -0.1) is 0 Å². The van der Waals surface area contributed by atoms with Gasteiger partial charge in [-0.25, -0.2) is 12.8 Å². The summed E-state index contributed by atoms with van der Waals surface area (Å²) >= 11 is 0. The number of hydrogen-bond donors (Lipinski definition) is 1. The van der Waals surface area contributed by atoms with E-state index in [1.165, 1.54) is 24.3 Å². The van der Waals surface area contributed by atoms with Crippen molar-refractivity contribution in [1.82, 2.24) is 0 Å². The number of sulfone groups is 1. The first-order valence-electron chi connectivity index (χ1n) is 8.47. The molecule has 2 aromatic carbocycles. The van der Waals surface area contributed by atoms with Gasteiger partial charge in [-0.1, -0.05) is 0 Å². The highest BCUT2D eigenvalue weighted by molar-refractivity contribution is 7.90. The van der Waals surface area contributed by atoms with Crippen LogP contribution in [0.5, 0.6) is 0 Å². The average Bonchev–Trinajstić information content (AvgIpc) is 3.08.